The summed E-state index contributed by atoms with van der Waals surface area (Å²) in [6, 6.07) is 24.3. The number of hydrogen-bond donors (Lipinski definition) is 1. The van der Waals surface area contributed by atoms with Gasteiger partial charge >= 0.3 is 0 Å². The fourth-order valence-corrected chi connectivity index (χ4v) is 5.00. The summed E-state index contributed by atoms with van der Waals surface area (Å²) in [5, 5.41) is 13.9. The Morgan fingerprint density at radius 3 is 2.49 bits per heavy atom. The molecule has 0 aliphatic heterocycles. The van der Waals surface area contributed by atoms with Gasteiger partial charge in [0.2, 0.25) is 5.88 Å². The predicted molar refractivity (Wildman–Crippen MR) is 141 cm³/mol. The highest BCUT2D eigenvalue weighted by atomic mass is 16.5. The van der Waals surface area contributed by atoms with Crippen LogP contribution in [-0.2, 0) is 6.42 Å². The van der Waals surface area contributed by atoms with E-state index >= 15 is 0 Å². The number of benzene rings is 3. The number of para-hydroxylation sites is 1. The van der Waals surface area contributed by atoms with E-state index in [1.165, 1.54) is 16.3 Å². The van der Waals surface area contributed by atoms with Crippen LogP contribution < -0.4 is 4.74 Å². The van der Waals surface area contributed by atoms with Gasteiger partial charge in [-0.3, -0.25) is 4.57 Å². The monoisotopic (exact) mass is 459 g/mol. The lowest BCUT2D eigenvalue weighted by molar-refractivity contribution is 0.459. The molecule has 3 aromatic heterocycles. The minimum Gasteiger partial charge on any atom is -0.505 e. The number of fused-ring (bicyclic) bond motifs is 4. The Hall–Kier alpha value is -4.38. The molecule has 5 heteroatoms. The van der Waals surface area contributed by atoms with E-state index in [-0.39, 0.29) is 5.75 Å². The average Bonchev–Trinajstić information content (AvgIpc) is 3.21. The number of aromatic hydroxyl groups is 1. The molecule has 0 unspecified atom stereocenters. The number of aryl methyl sites for hydroxylation is 3. The van der Waals surface area contributed by atoms with Crippen LogP contribution in [0.4, 0.5) is 0 Å². The normalized spacial score (nSPS) is 11.5. The van der Waals surface area contributed by atoms with Gasteiger partial charge in [0.1, 0.15) is 22.8 Å². The molecule has 0 aliphatic rings. The van der Waals surface area contributed by atoms with Crippen LogP contribution in [0, 0.1) is 13.8 Å². The molecule has 5 nitrogen and oxygen atoms in total. The number of rotatable bonds is 4. The van der Waals surface area contributed by atoms with Gasteiger partial charge in [0.05, 0.1) is 11.0 Å². The molecule has 0 amide bonds. The Labute approximate surface area is 203 Å². The number of pyridine rings is 2. The van der Waals surface area contributed by atoms with Gasteiger partial charge in [-0.25, -0.2) is 9.97 Å². The molecule has 3 aromatic carbocycles. The summed E-state index contributed by atoms with van der Waals surface area (Å²) in [6.45, 7) is 6.06. The molecule has 0 saturated carbocycles. The number of hydrogen-bond acceptors (Lipinski definition) is 4. The molecule has 0 fully saturated rings. The molecule has 0 saturated heterocycles. The van der Waals surface area contributed by atoms with Gasteiger partial charge in [-0.15, -0.1) is 0 Å². The van der Waals surface area contributed by atoms with Crippen LogP contribution in [0.5, 0.6) is 17.4 Å². The first-order valence-corrected chi connectivity index (χ1v) is 11.8. The van der Waals surface area contributed by atoms with Crippen LogP contribution in [0.2, 0.25) is 0 Å². The summed E-state index contributed by atoms with van der Waals surface area (Å²) in [5.41, 5.74) is 5.76. The maximum atomic E-state index is 10.6. The third kappa shape index (κ3) is 3.39. The van der Waals surface area contributed by atoms with Crippen molar-refractivity contribution in [3.8, 4) is 23.2 Å². The molecule has 172 valence electrons. The van der Waals surface area contributed by atoms with Crippen LogP contribution >= 0.6 is 0 Å². The van der Waals surface area contributed by atoms with E-state index in [0.29, 0.717) is 17.1 Å². The minimum absolute atomic E-state index is 0.191. The Morgan fingerprint density at radius 2 is 1.69 bits per heavy atom. The Balaban J connectivity index is 1.56. The summed E-state index contributed by atoms with van der Waals surface area (Å²) < 4.78 is 8.49. The standard InChI is InChI=1S/C30H25N3O2/c1-4-20-16-21(35-27-13-12-22-18(2)15-19(3)30(34)29(22)32-27)17-25-28(20)23-9-5-6-10-24(23)33(25)26-11-7-8-14-31-26/h5-17,34H,4H2,1-3H3. The van der Waals surface area contributed by atoms with E-state index in [9.17, 15) is 5.11 Å². The van der Waals surface area contributed by atoms with Gasteiger partial charge in [0.25, 0.3) is 0 Å². The molecule has 35 heavy (non-hydrogen) atoms. The summed E-state index contributed by atoms with van der Waals surface area (Å²) >= 11 is 0. The highest BCUT2D eigenvalue weighted by Gasteiger charge is 2.17. The van der Waals surface area contributed by atoms with E-state index in [1.807, 2.05) is 56.4 Å². The van der Waals surface area contributed by atoms with Gasteiger partial charge in [-0.2, -0.15) is 0 Å². The second-order valence-electron chi connectivity index (χ2n) is 8.88. The molecule has 3 heterocycles. The molecular weight excluding hydrogens is 434 g/mol. The molecule has 0 spiro atoms. The number of phenols is 1. The molecule has 0 bridgehead atoms. The maximum absolute atomic E-state index is 10.6. The van der Waals surface area contributed by atoms with E-state index < -0.39 is 0 Å². The van der Waals surface area contributed by atoms with Crippen molar-refractivity contribution in [3.05, 3.63) is 95.7 Å². The molecule has 0 aliphatic carbocycles. The average molecular weight is 460 g/mol. The third-order valence-corrected chi connectivity index (χ3v) is 6.63. The van der Waals surface area contributed by atoms with Crippen LogP contribution in [0.1, 0.15) is 23.6 Å². The van der Waals surface area contributed by atoms with Gasteiger partial charge in [-0.1, -0.05) is 37.3 Å². The second kappa shape index (κ2) is 8.13. The quantitative estimate of drug-likeness (QED) is 0.298. The van der Waals surface area contributed by atoms with E-state index in [2.05, 4.69) is 57.9 Å². The van der Waals surface area contributed by atoms with Crippen LogP contribution in [-0.4, -0.2) is 19.6 Å². The number of aromatic nitrogens is 3. The summed E-state index contributed by atoms with van der Waals surface area (Å²) in [6.07, 6.45) is 2.67. The van der Waals surface area contributed by atoms with Gasteiger partial charge in [-0.05, 0) is 67.3 Å². The van der Waals surface area contributed by atoms with E-state index in [1.54, 1.807) is 0 Å². The van der Waals surface area contributed by atoms with Crippen molar-refractivity contribution in [1.29, 1.82) is 0 Å². The first-order valence-electron chi connectivity index (χ1n) is 11.8. The highest BCUT2D eigenvalue weighted by molar-refractivity contribution is 6.11. The summed E-state index contributed by atoms with van der Waals surface area (Å²) in [5.74, 6) is 2.19. The molecule has 0 radical (unpaired) electrons. The third-order valence-electron chi connectivity index (χ3n) is 6.63. The number of nitrogens with zero attached hydrogens (tertiary/aromatic N) is 3. The molecule has 0 atom stereocenters. The zero-order chi connectivity index (χ0) is 24.1. The molecule has 6 rings (SSSR count). The Bertz CT molecular complexity index is 1740. The van der Waals surface area contributed by atoms with Crippen molar-refractivity contribution in [2.24, 2.45) is 0 Å². The largest absolute Gasteiger partial charge is 0.505 e. The SMILES string of the molecule is CCc1cc(Oc2ccc3c(C)cc(C)c(O)c3n2)cc2c1c1ccccc1n2-c1ccccn1. The van der Waals surface area contributed by atoms with Crippen LogP contribution in [0.25, 0.3) is 38.5 Å². The Kier molecular flexibility index (Phi) is 4.92. The molecule has 1 N–H and O–H groups in total. The maximum Gasteiger partial charge on any atom is 0.219 e. The van der Waals surface area contributed by atoms with E-state index in [4.69, 9.17) is 4.74 Å². The van der Waals surface area contributed by atoms with Gasteiger partial charge in [0.15, 0.2) is 0 Å². The smallest absolute Gasteiger partial charge is 0.219 e. The van der Waals surface area contributed by atoms with E-state index in [0.717, 1.165) is 39.8 Å². The summed E-state index contributed by atoms with van der Waals surface area (Å²) in [4.78, 5) is 9.29. The second-order valence-corrected chi connectivity index (χ2v) is 8.88. The Morgan fingerprint density at radius 1 is 0.857 bits per heavy atom. The van der Waals surface area contributed by atoms with Crippen molar-refractivity contribution < 1.29 is 9.84 Å². The van der Waals surface area contributed by atoms with Gasteiger partial charge in [0, 0.05) is 34.5 Å². The fraction of sp³-hybridized carbons (Fsp3) is 0.133. The first-order chi connectivity index (χ1) is 17.0. The van der Waals surface area contributed by atoms with Crippen LogP contribution in [0.15, 0.2) is 79.0 Å². The van der Waals surface area contributed by atoms with Crippen LogP contribution in [0.3, 0.4) is 0 Å². The predicted octanol–water partition coefficient (Wildman–Crippen LogP) is 7.40. The molecule has 6 aromatic rings. The lowest BCUT2D eigenvalue weighted by Gasteiger charge is -2.12. The van der Waals surface area contributed by atoms with Crippen molar-refractivity contribution in [2.45, 2.75) is 27.2 Å². The zero-order valence-electron chi connectivity index (χ0n) is 19.9. The number of phenolic OH excluding ortho intramolecular Hbond substituents is 1. The van der Waals surface area contributed by atoms with Crippen molar-refractivity contribution in [1.82, 2.24) is 14.5 Å². The van der Waals surface area contributed by atoms with Gasteiger partial charge < -0.3 is 9.84 Å². The highest BCUT2D eigenvalue weighted by Crippen LogP contribution is 2.38. The summed E-state index contributed by atoms with van der Waals surface area (Å²) in [7, 11) is 0. The lowest BCUT2D eigenvalue weighted by Crippen LogP contribution is -1.97. The van der Waals surface area contributed by atoms with Crippen molar-refractivity contribution in [2.75, 3.05) is 0 Å². The van der Waals surface area contributed by atoms with Crippen molar-refractivity contribution in [3.63, 3.8) is 0 Å². The fourth-order valence-electron chi connectivity index (χ4n) is 5.00. The zero-order valence-corrected chi connectivity index (χ0v) is 19.9. The van der Waals surface area contributed by atoms with Crippen molar-refractivity contribution >= 4 is 32.7 Å². The molecular formula is C30H25N3O2. The minimum atomic E-state index is 0.191. The topological polar surface area (TPSA) is 60.2 Å². The first kappa shape index (κ1) is 21.2. The number of ether oxygens (including phenoxy) is 1. The lowest BCUT2D eigenvalue weighted by atomic mass is 10.0.